The second-order valence-corrected chi connectivity index (χ2v) is 7.92. The third-order valence-corrected chi connectivity index (χ3v) is 7.31. The van der Waals surface area contributed by atoms with Gasteiger partial charge in [0.05, 0.1) is 0 Å². The van der Waals surface area contributed by atoms with Gasteiger partial charge in [-0.05, 0) is 58.6 Å². The minimum atomic E-state index is -2.59. The molecular weight excluding hydrogens is 268 g/mol. The highest BCUT2D eigenvalue weighted by Crippen LogP contribution is 2.41. The molecule has 1 unspecified atom stereocenters. The summed E-state index contributed by atoms with van der Waals surface area (Å²) in [4.78, 5) is 0. The van der Waals surface area contributed by atoms with Crippen molar-refractivity contribution < 1.29 is 13.3 Å². The van der Waals surface area contributed by atoms with Gasteiger partial charge in [0, 0.05) is 25.9 Å². The number of allylic oxidation sites excluding steroid dienone is 4. The Morgan fingerprint density at radius 3 is 1.60 bits per heavy atom. The Bertz CT molecular complexity index is 382. The number of hydrogen-bond donors (Lipinski definition) is 0. The fourth-order valence-electron chi connectivity index (χ4n) is 2.90. The van der Waals surface area contributed by atoms with Crippen LogP contribution in [-0.4, -0.2) is 28.6 Å². The van der Waals surface area contributed by atoms with Crippen LogP contribution in [0.3, 0.4) is 0 Å². The van der Waals surface area contributed by atoms with Crippen LogP contribution in [0.15, 0.2) is 22.3 Å². The summed E-state index contributed by atoms with van der Waals surface area (Å²) >= 11 is 0. The lowest BCUT2D eigenvalue weighted by Gasteiger charge is -2.30. The number of hydrogen-bond acceptors (Lipinski definition) is 3. The highest BCUT2D eigenvalue weighted by atomic mass is 28.4. The van der Waals surface area contributed by atoms with E-state index in [4.69, 9.17) is 13.3 Å². The van der Waals surface area contributed by atoms with Gasteiger partial charge in [-0.1, -0.05) is 18.1 Å². The zero-order valence-electron chi connectivity index (χ0n) is 14.1. The van der Waals surface area contributed by atoms with Crippen molar-refractivity contribution in [2.24, 2.45) is 5.92 Å². The molecule has 1 aliphatic carbocycles. The van der Waals surface area contributed by atoms with Crippen molar-refractivity contribution in [1.82, 2.24) is 0 Å². The molecule has 0 spiro atoms. The third kappa shape index (κ3) is 3.61. The molecule has 1 rings (SSSR count). The topological polar surface area (TPSA) is 27.7 Å². The van der Waals surface area contributed by atoms with E-state index < -0.39 is 8.80 Å². The molecule has 0 aliphatic heterocycles. The molecule has 1 aliphatic rings. The normalized spacial score (nSPS) is 20.2. The fraction of sp³-hybridized carbons (Fsp3) is 0.750. The van der Waals surface area contributed by atoms with E-state index in [1.54, 1.807) is 0 Å². The van der Waals surface area contributed by atoms with Gasteiger partial charge in [0.1, 0.15) is 0 Å². The summed E-state index contributed by atoms with van der Waals surface area (Å²) < 4.78 is 17.9. The molecule has 0 heterocycles. The van der Waals surface area contributed by atoms with Gasteiger partial charge in [0.25, 0.3) is 0 Å². The molecule has 0 fully saturated rings. The van der Waals surface area contributed by atoms with Gasteiger partial charge in [-0.3, -0.25) is 0 Å². The molecule has 20 heavy (non-hydrogen) atoms. The molecule has 4 heteroatoms. The van der Waals surface area contributed by atoms with Crippen molar-refractivity contribution in [3.8, 4) is 0 Å². The fourth-order valence-corrected chi connectivity index (χ4v) is 5.82. The van der Waals surface area contributed by atoms with Gasteiger partial charge >= 0.3 is 8.80 Å². The maximum absolute atomic E-state index is 5.98. The predicted octanol–water partition coefficient (Wildman–Crippen LogP) is 4.34. The van der Waals surface area contributed by atoms with E-state index in [0.29, 0.717) is 25.7 Å². The van der Waals surface area contributed by atoms with Crippen molar-refractivity contribution in [2.45, 2.75) is 54.5 Å². The molecule has 0 bridgehead atoms. The molecule has 0 radical (unpaired) electrons. The summed E-state index contributed by atoms with van der Waals surface area (Å²) in [5.41, 5.74) is 5.71. The van der Waals surface area contributed by atoms with E-state index in [1.807, 2.05) is 20.8 Å². The quantitative estimate of drug-likeness (QED) is 0.624. The smallest absolute Gasteiger partial charge is 0.374 e. The monoisotopic (exact) mass is 298 g/mol. The van der Waals surface area contributed by atoms with Crippen LogP contribution in [0.25, 0.3) is 0 Å². The van der Waals surface area contributed by atoms with Gasteiger partial charge in [-0.2, -0.15) is 0 Å². The Kier molecular flexibility index (Phi) is 6.65. The van der Waals surface area contributed by atoms with E-state index >= 15 is 0 Å². The van der Waals surface area contributed by atoms with Crippen molar-refractivity contribution in [3.05, 3.63) is 22.3 Å². The highest BCUT2D eigenvalue weighted by Gasteiger charge is 2.43. The molecule has 1 atom stereocenters. The molecule has 0 aromatic heterocycles. The van der Waals surface area contributed by atoms with E-state index in [0.717, 1.165) is 6.04 Å². The minimum absolute atomic E-state index is 0.475. The van der Waals surface area contributed by atoms with Gasteiger partial charge in [0.15, 0.2) is 0 Å². The van der Waals surface area contributed by atoms with Gasteiger partial charge in [0.2, 0.25) is 0 Å². The van der Waals surface area contributed by atoms with Crippen LogP contribution in [0.4, 0.5) is 0 Å². The third-order valence-electron chi connectivity index (χ3n) is 4.31. The average Bonchev–Trinajstić information content (AvgIpc) is 2.58. The van der Waals surface area contributed by atoms with E-state index in [2.05, 4.69) is 27.7 Å². The first kappa shape index (κ1) is 17.6. The average molecular weight is 298 g/mol. The lowest BCUT2D eigenvalue weighted by molar-refractivity contribution is 0.0732. The van der Waals surface area contributed by atoms with E-state index in [9.17, 15) is 0 Å². The lowest BCUT2D eigenvalue weighted by atomic mass is 10.00. The largest absolute Gasteiger partial charge is 0.505 e. The van der Waals surface area contributed by atoms with Crippen LogP contribution in [0.2, 0.25) is 6.04 Å². The van der Waals surface area contributed by atoms with Crippen LogP contribution < -0.4 is 0 Å². The Balaban J connectivity index is 3.01. The molecule has 116 valence electrons. The maximum atomic E-state index is 5.98. The van der Waals surface area contributed by atoms with E-state index in [1.165, 1.54) is 22.3 Å². The molecular formula is C16H30O3Si. The van der Waals surface area contributed by atoms with Gasteiger partial charge < -0.3 is 13.3 Å². The standard InChI is InChI=1S/C16H30O3Si/c1-8-17-20(18-9-2,19-10-3)11-16-14(6)12(4)13(5)15(16)7/h14H,8-11H2,1-7H3. The summed E-state index contributed by atoms with van der Waals surface area (Å²) in [5, 5.41) is 0. The first-order valence-electron chi connectivity index (χ1n) is 7.71. The molecule has 0 saturated carbocycles. The second-order valence-electron chi connectivity index (χ2n) is 5.34. The summed E-state index contributed by atoms with van der Waals surface area (Å²) in [5.74, 6) is 0.475. The summed E-state index contributed by atoms with van der Waals surface area (Å²) in [6.07, 6.45) is 0. The SMILES string of the molecule is CCO[Si](CC1=C(C)C(C)=C(C)C1C)(OCC)OCC. The molecule has 0 amide bonds. The number of rotatable bonds is 8. The molecule has 0 saturated heterocycles. The summed E-state index contributed by atoms with van der Waals surface area (Å²) in [6.45, 7) is 16.8. The molecule has 0 aromatic carbocycles. The minimum Gasteiger partial charge on any atom is -0.374 e. The summed E-state index contributed by atoms with van der Waals surface area (Å²) in [6, 6.07) is 0.810. The summed E-state index contributed by atoms with van der Waals surface area (Å²) in [7, 11) is -2.59. The van der Waals surface area contributed by atoms with Crippen LogP contribution >= 0.6 is 0 Å². The molecule has 0 N–H and O–H groups in total. The van der Waals surface area contributed by atoms with Crippen LogP contribution in [0.5, 0.6) is 0 Å². The lowest BCUT2D eigenvalue weighted by Crippen LogP contribution is -2.46. The van der Waals surface area contributed by atoms with Crippen LogP contribution in [0.1, 0.15) is 48.5 Å². The highest BCUT2D eigenvalue weighted by molar-refractivity contribution is 6.61. The van der Waals surface area contributed by atoms with Crippen molar-refractivity contribution in [1.29, 1.82) is 0 Å². The Morgan fingerprint density at radius 2 is 1.30 bits per heavy atom. The first-order valence-corrected chi connectivity index (χ1v) is 9.64. The van der Waals surface area contributed by atoms with Crippen molar-refractivity contribution in [3.63, 3.8) is 0 Å². The molecule has 3 nitrogen and oxygen atoms in total. The Morgan fingerprint density at radius 1 is 0.850 bits per heavy atom. The Hall–Kier alpha value is -0.423. The zero-order chi connectivity index (χ0) is 15.3. The second kappa shape index (κ2) is 7.55. The maximum Gasteiger partial charge on any atom is 0.505 e. The Labute approximate surface area is 125 Å². The van der Waals surface area contributed by atoms with Gasteiger partial charge in [-0.25, -0.2) is 0 Å². The first-order chi connectivity index (χ1) is 9.42. The van der Waals surface area contributed by atoms with Crippen molar-refractivity contribution >= 4 is 8.80 Å². The van der Waals surface area contributed by atoms with Crippen LogP contribution in [-0.2, 0) is 13.3 Å². The predicted molar refractivity (Wildman–Crippen MR) is 85.7 cm³/mol. The van der Waals surface area contributed by atoms with E-state index in [-0.39, 0.29) is 0 Å². The van der Waals surface area contributed by atoms with Crippen molar-refractivity contribution in [2.75, 3.05) is 19.8 Å². The van der Waals surface area contributed by atoms with Crippen LogP contribution in [0, 0.1) is 5.92 Å². The zero-order valence-corrected chi connectivity index (χ0v) is 15.1. The van der Waals surface area contributed by atoms with Gasteiger partial charge in [-0.15, -0.1) is 0 Å². The molecule has 0 aromatic rings.